The lowest BCUT2D eigenvalue weighted by Crippen LogP contribution is -2.43. The number of carbonyl (C=O) groups excluding carboxylic acids is 2. The first-order valence-corrected chi connectivity index (χ1v) is 12.7. The quantitative estimate of drug-likeness (QED) is 0.259. The number of aromatic nitrogens is 2. The molecule has 0 radical (unpaired) electrons. The molecule has 2 aromatic heterocycles. The molecule has 2 unspecified atom stereocenters. The van der Waals surface area contributed by atoms with Crippen molar-refractivity contribution >= 4 is 34.1 Å². The van der Waals surface area contributed by atoms with Crippen LogP contribution in [0.2, 0.25) is 0 Å². The number of hydrogen-bond donors (Lipinski definition) is 3. The zero-order chi connectivity index (χ0) is 24.6. The van der Waals surface area contributed by atoms with E-state index in [1.165, 1.54) is 11.3 Å². The highest BCUT2D eigenvalue weighted by molar-refractivity contribution is 7.09. The van der Waals surface area contributed by atoms with Crippen molar-refractivity contribution < 1.29 is 14.3 Å². The second-order valence-corrected chi connectivity index (χ2v) is 9.39. The molecule has 7 nitrogen and oxygen atoms in total. The van der Waals surface area contributed by atoms with Crippen LogP contribution in [0.1, 0.15) is 58.9 Å². The Morgan fingerprint density at radius 3 is 2.71 bits per heavy atom. The molecule has 0 saturated carbocycles. The minimum absolute atomic E-state index is 0.132. The average molecular weight is 491 g/mol. The van der Waals surface area contributed by atoms with E-state index in [9.17, 15) is 9.59 Å². The lowest BCUT2D eigenvalue weighted by molar-refractivity contribution is -0.147. The van der Waals surface area contributed by atoms with Crippen LogP contribution in [-0.4, -0.2) is 27.9 Å². The van der Waals surface area contributed by atoms with Crippen molar-refractivity contribution in [3.8, 4) is 0 Å². The van der Waals surface area contributed by atoms with Gasteiger partial charge in [-0.3, -0.25) is 4.79 Å². The number of nitrogens with zero attached hydrogens (tertiary/aromatic N) is 1. The summed E-state index contributed by atoms with van der Waals surface area (Å²) in [5, 5.41) is 6.26. The van der Waals surface area contributed by atoms with E-state index in [2.05, 4.69) is 22.2 Å². The second-order valence-electron chi connectivity index (χ2n) is 8.50. The SMILES string of the molecule is CCCCC(N)c1nc(C(=O)NC(Cc2c[nH]c3ccccc23)C(=O)OCc2ccccc2)cs1. The molecule has 2 aromatic carbocycles. The van der Waals surface area contributed by atoms with Gasteiger partial charge in [-0.2, -0.15) is 0 Å². The number of para-hydroxylation sites is 1. The summed E-state index contributed by atoms with van der Waals surface area (Å²) in [4.78, 5) is 33.8. The third kappa shape index (κ3) is 6.35. The summed E-state index contributed by atoms with van der Waals surface area (Å²) >= 11 is 1.37. The van der Waals surface area contributed by atoms with Gasteiger partial charge in [-0.15, -0.1) is 11.3 Å². The number of esters is 1. The number of nitrogens with one attached hydrogen (secondary N) is 2. The van der Waals surface area contributed by atoms with Gasteiger partial charge in [-0.05, 0) is 23.6 Å². The highest BCUT2D eigenvalue weighted by Gasteiger charge is 2.26. The van der Waals surface area contributed by atoms with Crippen LogP contribution in [-0.2, 0) is 22.6 Å². The van der Waals surface area contributed by atoms with E-state index in [0.717, 1.165) is 46.3 Å². The van der Waals surface area contributed by atoms with Gasteiger partial charge in [-0.25, -0.2) is 9.78 Å². The number of ether oxygens (including phenoxy) is 1. The first-order chi connectivity index (χ1) is 17.0. The maximum Gasteiger partial charge on any atom is 0.329 e. The minimum Gasteiger partial charge on any atom is -0.459 e. The van der Waals surface area contributed by atoms with Crippen LogP contribution in [0.3, 0.4) is 0 Å². The fourth-order valence-corrected chi connectivity index (χ4v) is 4.72. The van der Waals surface area contributed by atoms with E-state index in [1.807, 2.05) is 60.8 Å². The van der Waals surface area contributed by atoms with Crippen molar-refractivity contribution in [2.45, 2.75) is 51.3 Å². The molecule has 2 heterocycles. The third-order valence-electron chi connectivity index (χ3n) is 5.85. The number of amides is 1. The number of fused-ring (bicyclic) bond motifs is 1. The van der Waals surface area contributed by atoms with Crippen molar-refractivity contribution in [1.82, 2.24) is 15.3 Å². The van der Waals surface area contributed by atoms with E-state index >= 15 is 0 Å². The normalized spacial score (nSPS) is 12.9. The molecular weight excluding hydrogens is 460 g/mol. The lowest BCUT2D eigenvalue weighted by atomic mass is 10.0. The summed E-state index contributed by atoms with van der Waals surface area (Å²) in [6.07, 6.45) is 5.02. The Morgan fingerprint density at radius 1 is 1.14 bits per heavy atom. The van der Waals surface area contributed by atoms with Gasteiger partial charge in [0.05, 0.1) is 6.04 Å². The van der Waals surface area contributed by atoms with Crippen LogP contribution >= 0.6 is 11.3 Å². The van der Waals surface area contributed by atoms with Gasteiger partial charge in [-0.1, -0.05) is 68.3 Å². The smallest absolute Gasteiger partial charge is 0.329 e. The zero-order valence-corrected chi connectivity index (χ0v) is 20.5. The summed E-state index contributed by atoms with van der Waals surface area (Å²) in [5.74, 6) is -0.917. The summed E-state index contributed by atoms with van der Waals surface area (Å²) in [6, 6.07) is 16.2. The summed E-state index contributed by atoms with van der Waals surface area (Å²) in [7, 11) is 0. The average Bonchev–Trinajstić information content (AvgIpc) is 3.54. The maximum atomic E-state index is 13.1. The monoisotopic (exact) mass is 490 g/mol. The summed E-state index contributed by atoms with van der Waals surface area (Å²) in [6.45, 7) is 2.24. The molecule has 0 aliphatic carbocycles. The Bertz CT molecular complexity index is 1270. The van der Waals surface area contributed by atoms with Crippen molar-refractivity contribution in [2.75, 3.05) is 0 Å². The Labute approximate surface area is 208 Å². The molecule has 0 aliphatic heterocycles. The molecule has 182 valence electrons. The standard InChI is InChI=1S/C27H30N4O3S/c1-2-3-12-21(28)26-31-24(17-35-26)25(32)30-23(27(33)34-16-18-9-5-4-6-10-18)14-19-15-29-22-13-8-7-11-20(19)22/h4-11,13,15,17,21,23,29H,2-3,12,14,16,28H2,1H3,(H,30,32). The molecule has 4 aromatic rings. The van der Waals surface area contributed by atoms with Crippen LogP contribution in [0.5, 0.6) is 0 Å². The zero-order valence-electron chi connectivity index (χ0n) is 19.7. The van der Waals surface area contributed by atoms with Crippen LogP contribution in [0.4, 0.5) is 0 Å². The number of carbonyl (C=O) groups is 2. The Morgan fingerprint density at radius 2 is 1.91 bits per heavy atom. The number of rotatable bonds is 11. The topological polar surface area (TPSA) is 110 Å². The summed E-state index contributed by atoms with van der Waals surface area (Å²) in [5.41, 5.74) is 9.25. The molecule has 0 fully saturated rings. The van der Waals surface area contributed by atoms with Crippen LogP contribution in [0.25, 0.3) is 10.9 Å². The highest BCUT2D eigenvalue weighted by Crippen LogP contribution is 2.22. The Hall–Kier alpha value is -3.49. The van der Waals surface area contributed by atoms with Gasteiger partial charge in [0.15, 0.2) is 0 Å². The van der Waals surface area contributed by atoms with Gasteiger partial charge in [0.1, 0.15) is 23.4 Å². The number of H-pyrrole nitrogens is 1. The predicted molar refractivity (Wildman–Crippen MR) is 138 cm³/mol. The van der Waals surface area contributed by atoms with Gasteiger partial charge < -0.3 is 20.8 Å². The fraction of sp³-hybridized carbons (Fsp3) is 0.296. The van der Waals surface area contributed by atoms with E-state index in [4.69, 9.17) is 10.5 Å². The second kappa shape index (κ2) is 11.8. The van der Waals surface area contributed by atoms with Gasteiger partial charge >= 0.3 is 5.97 Å². The molecule has 4 N–H and O–H groups in total. The molecule has 35 heavy (non-hydrogen) atoms. The number of benzene rings is 2. The minimum atomic E-state index is -0.871. The molecule has 4 rings (SSSR count). The fourth-order valence-electron chi connectivity index (χ4n) is 3.88. The van der Waals surface area contributed by atoms with Gasteiger partial charge in [0, 0.05) is 28.9 Å². The molecule has 0 aliphatic rings. The van der Waals surface area contributed by atoms with E-state index < -0.39 is 17.9 Å². The highest BCUT2D eigenvalue weighted by atomic mass is 32.1. The molecule has 0 spiro atoms. The largest absolute Gasteiger partial charge is 0.459 e. The maximum absolute atomic E-state index is 13.1. The molecule has 2 atom stereocenters. The van der Waals surface area contributed by atoms with E-state index in [0.29, 0.717) is 0 Å². The number of thiazole rings is 1. The molecular formula is C27H30N4O3S. The molecule has 0 saturated heterocycles. The molecule has 8 heteroatoms. The van der Waals surface area contributed by atoms with Crippen molar-refractivity contribution in [2.24, 2.45) is 5.73 Å². The van der Waals surface area contributed by atoms with Gasteiger partial charge in [0.2, 0.25) is 0 Å². The van der Waals surface area contributed by atoms with Gasteiger partial charge in [0.25, 0.3) is 5.91 Å². The van der Waals surface area contributed by atoms with Crippen molar-refractivity contribution in [3.63, 3.8) is 0 Å². The van der Waals surface area contributed by atoms with E-state index in [-0.39, 0.29) is 24.8 Å². The first kappa shape index (κ1) is 24.6. The van der Waals surface area contributed by atoms with Crippen LogP contribution in [0.15, 0.2) is 66.2 Å². The van der Waals surface area contributed by atoms with Crippen LogP contribution < -0.4 is 11.1 Å². The number of unbranched alkanes of at least 4 members (excludes halogenated alkanes) is 1. The Kier molecular flexibility index (Phi) is 8.28. The molecule has 0 bridgehead atoms. The number of aromatic amines is 1. The number of nitrogens with two attached hydrogens (primary N) is 1. The number of hydrogen-bond acceptors (Lipinski definition) is 6. The first-order valence-electron chi connectivity index (χ1n) is 11.8. The lowest BCUT2D eigenvalue weighted by Gasteiger charge is -2.17. The summed E-state index contributed by atoms with van der Waals surface area (Å²) < 4.78 is 5.57. The van der Waals surface area contributed by atoms with Crippen LogP contribution in [0, 0.1) is 0 Å². The Balaban J connectivity index is 1.50. The molecule has 1 amide bonds. The van der Waals surface area contributed by atoms with E-state index in [1.54, 1.807) is 5.38 Å². The third-order valence-corrected chi connectivity index (χ3v) is 6.83. The van der Waals surface area contributed by atoms with Crippen molar-refractivity contribution in [3.05, 3.63) is 88.0 Å². The van der Waals surface area contributed by atoms with Crippen molar-refractivity contribution in [1.29, 1.82) is 0 Å². The predicted octanol–water partition coefficient (Wildman–Crippen LogP) is 4.90.